The fraction of sp³-hybridized carbons (Fsp3) is 0.417. The summed E-state index contributed by atoms with van der Waals surface area (Å²) in [5, 5.41) is 2.53. The van der Waals surface area contributed by atoms with Crippen molar-refractivity contribution in [2.75, 3.05) is 6.54 Å². The molecule has 0 unspecified atom stereocenters. The van der Waals surface area contributed by atoms with E-state index < -0.39 is 11.7 Å². The van der Waals surface area contributed by atoms with Crippen molar-refractivity contribution in [2.24, 2.45) is 0 Å². The molecule has 0 atom stereocenters. The molecule has 1 rings (SSSR count). The SMILES string of the molecule is CC(C)(C)OC(=O)NCC#Cc1ccc(Br)o1. The van der Waals surface area contributed by atoms with Gasteiger partial charge in [0.25, 0.3) is 0 Å². The Hall–Kier alpha value is -1.41. The van der Waals surface area contributed by atoms with Crippen LogP contribution in [0.5, 0.6) is 0 Å². The molecule has 5 heteroatoms. The molecule has 4 nitrogen and oxygen atoms in total. The third kappa shape index (κ3) is 6.03. The van der Waals surface area contributed by atoms with E-state index in [1.54, 1.807) is 32.9 Å². The van der Waals surface area contributed by atoms with Crippen LogP contribution < -0.4 is 5.32 Å². The number of ether oxygens (including phenoxy) is 1. The minimum Gasteiger partial charge on any atom is -0.444 e. The van der Waals surface area contributed by atoms with Crippen molar-refractivity contribution in [3.05, 3.63) is 22.6 Å². The van der Waals surface area contributed by atoms with Crippen LogP contribution in [0.3, 0.4) is 0 Å². The van der Waals surface area contributed by atoms with Crippen LogP contribution in [0.1, 0.15) is 26.5 Å². The van der Waals surface area contributed by atoms with E-state index >= 15 is 0 Å². The molecule has 1 aromatic rings. The van der Waals surface area contributed by atoms with Crippen molar-refractivity contribution < 1.29 is 13.9 Å². The third-order valence-corrected chi connectivity index (χ3v) is 1.93. The number of alkyl carbamates (subject to hydrolysis) is 1. The molecule has 0 aliphatic heterocycles. The van der Waals surface area contributed by atoms with Gasteiger partial charge in [-0.3, -0.25) is 0 Å². The summed E-state index contributed by atoms with van der Waals surface area (Å²) in [6, 6.07) is 3.50. The Kier molecular flexibility index (Phi) is 4.64. The second-order valence-electron chi connectivity index (χ2n) is 4.26. The van der Waals surface area contributed by atoms with Gasteiger partial charge < -0.3 is 14.5 Å². The highest BCUT2D eigenvalue weighted by molar-refractivity contribution is 9.10. The number of amides is 1. The summed E-state index contributed by atoms with van der Waals surface area (Å²) in [5.41, 5.74) is -0.497. The molecule has 0 aromatic carbocycles. The lowest BCUT2D eigenvalue weighted by Gasteiger charge is -2.18. The van der Waals surface area contributed by atoms with E-state index in [0.29, 0.717) is 10.4 Å². The molecule has 1 N–H and O–H groups in total. The van der Waals surface area contributed by atoms with Crippen LogP contribution >= 0.6 is 15.9 Å². The molecule has 0 bridgehead atoms. The van der Waals surface area contributed by atoms with Gasteiger partial charge in [-0.1, -0.05) is 5.92 Å². The lowest BCUT2D eigenvalue weighted by molar-refractivity contribution is 0.0535. The zero-order valence-corrected chi connectivity index (χ0v) is 11.6. The summed E-state index contributed by atoms with van der Waals surface area (Å²) in [5.74, 6) is 6.07. The van der Waals surface area contributed by atoms with Gasteiger partial charge in [0.2, 0.25) is 0 Å². The highest BCUT2D eigenvalue weighted by Gasteiger charge is 2.14. The number of carbonyl (C=O) groups is 1. The monoisotopic (exact) mass is 299 g/mol. The predicted octanol–water partition coefficient (Wildman–Crippen LogP) is 2.92. The Morgan fingerprint density at radius 1 is 1.53 bits per heavy atom. The second-order valence-corrected chi connectivity index (χ2v) is 5.04. The molecule has 0 spiro atoms. The fourth-order valence-corrected chi connectivity index (χ4v) is 1.25. The van der Waals surface area contributed by atoms with Gasteiger partial charge in [-0.25, -0.2) is 4.79 Å². The number of furan rings is 1. The Balaban J connectivity index is 2.33. The molecule has 1 aromatic heterocycles. The molecule has 1 amide bonds. The van der Waals surface area contributed by atoms with Crippen molar-refractivity contribution >= 4 is 22.0 Å². The van der Waals surface area contributed by atoms with Crippen LogP contribution in [0.2, 0.25) is 0 Å². The molecule has 17 heavy (non-hydrogen) atoms. The van der Waals surface area contributed by atoms with Crippen LogP contribution in [0.25, 0.3) is 0 Å². The molecule has 0 aliphatic rings. The van der Waals surface area contributed by atoms with Crippen molar-refractivity contribution in [1.82, 2.24) is 5.32 Å². The Bertz CT molecular complexity index is 448. The maximum Gasteiger partial charge on any atom is 0.408 e. The number of hydrogen-bond acceptors (Lipinski definition) is 3. The van der Waals surface area contributed by atoms with Gasteiger partial charge in [-0.2, -0.15) is 0 Å². The van der Waals surface area contributed by atoms with Gasteiger partial charge in [0.05, 0.1) is 6.54 Å². The van der Waals surface area contributed by atoms with Crippen LogP contribution in [0, 0.1) is 11.8 Å². The highest BCUT2D eigenvalue weighted by Crippen LogP contribution is 2.12. The number of rotatable bonds is 1. The highest BCUT2D eigenvalue weighted by atomic mass is 79.9. The van der Waals surface area contributed by atoms with Gasteiger partial charge >= 0.3 is 6.09 Å². The van der Waals surface area contributed by atoms with E-state index in [1.807, 2.05) is 0 Å². The first kappa shape index (κ1) is 13.7. The van der Waals surface area contributed by atoms with Crippen LogP contribution in [0.15, 0.2) is 21.2 Å². The first-order valence-corrected chi connectivity index (χ1v) is 5.87. The topological polar surface area (TPSA) is 51.5 Å². The van der Waals surface area contributed by atoms with E-state index in [1.165, 1.54) is 0 Å². The molecule has 92 valence electrons. The Morgan fingerprint density at radius 2 is 2.24 bits per heavy atom. The fourth-order valence-electron chi connectivity index (χ4n) is 0.943. The predicted molar refractivity (Wildman–Crippen MR) is 67.5 cm³/mol. The summed E-state index contributed by atoms with van der Waals surface area (Å²) in [4.78, 5) is 11.2. The van der Waals surface area contributed by atoms with Gasteiger partial charge in [-0.15, -0.1) is 0 Å². The third-order valence-electron chi connectivity index (χ3n) is 1.50. The smallest absolute Gasteiger partial charge is 0.408 e. The maximum atomic E-state index is 11.2. The Labute approximate surface area is 109 Å². The number of carbonyl (C=O) groups excluding carboxylic acids is 1. The zero-order chi connectivity index (χ0) is 12.9. The summed E-state index contributed by atoms with van der Waals surface area (Å²) in [6.07, 6.45) is -0.479. The van der Waals surface area contributed by atoms with Crippen molar-refractivity contribution in [3.63, 3.8) is 0 Å². The lowest BCUT2D eigenvalue weighted by atomic mass is 10.2. The summed E-state index contributed by atoms with van der Waals surface area (Å²) in [6.45, 7) is 5.63. The molecular weight excluding hydrogens is 286 g/mol. The van der Waals surface area contributed by atoms with E-state index in [-0.39, 0.29) is 6.54 Å². The molecule has 0 fully saturated rings. The molecule has 0 aliphatic carbocycles. The Morgan fingerprint density at radius 3 is 2.76 bits per heavy atom. The largest absolute Gasteiger partial charge is 0.444 e. The molecular formula is C12H14BrNO3. The van der Waals surface area contributed by atoms with Crippen molar-refractivity contribution in [3.8, 4) is 11.8 Å². The van der Waals surface area contributed by atoms with E-state index in [4.69, 9.17) is 9.15 Å². The zero-order valence-electron chi connectivity index (χ0n) is 9.96. The second kappa shape index (κ2) is 5.78. The average Bonchev–Trinajstić information content (AvgIpc) is 2.56. The molecule has 0 saturated carbocycles. The molecule has 1 heterocycles. The minimum absolute atomic E-state index is 0.216. The first-order valence-electron chi connectivity index (χ1n) is 5.08. The number of halogens is 1. The standard InChI is InChI=1S/C12H14BrNO3/c1-12(2,3)17-11(15)14-8-4-5-9-6-7-10(13)16-9/h6-7H,8H2,1-3H3,(H,14,15). The van der Waals surface area contributed by atoms with E-state index in [2.05, 4.69) is 33.1 Å². The van der Waals surface area contributed by atoms with Gasteiger partial charge in [0.15, 0.2) is 10.4 Å². The van der Waals surface area contributed by atoms with Crippen molar-refractivity contribution in [1.29, 1.82) is 0 Å². The summed E-state index contributed by atoms with van der Waals surface area (Å²) >= 11 is 3.17. The van der Waals surface area contributed by atoms with Crippen LogP contribution in [-0.2, 0) is 4.74 Å². The van der Waals surface area contributed by atoms with Gasteiger partial charge in [-0.05, 0) is 54.8 Å². The molecule has 0 radical (unpaired) electrons. The summed E-state index contributed by atoms with van der Waals surface area (Å²) in [7, 11) is 0. The van der Waals surface area contributed by atoms with E-state index in [0.717, 1.165) is 0 Å². The quantitative estimate of drug-likeness (QED) is 0.811. The lowest BCUT2D eigenvalue weighted by Crippen LogP contribution is -2.32. The molecule has 0 saturated heterocycles. The van der Waals surface area contributed by atoms with Crippen LogP contribution in [-0.4, -0.2) is 18.2 Å². The van der Waals surface area contributed by atoms with Gasteiger partial charge in [0.1, 0.15) is 5.60 Å². The van der Waals surface area contributed by atoms with Crippen molar-refractivity contribution in [2.45, 2.75) is 26.4 Å². The van der Waals surface area contributed by atoms with Gasteiger partial charge in [0, 0.05) is 0 Å². The average molecular weight is 300 g/mol. The van der Waals surface area contributed by atoms with Crippen LogP contribution in [0.4, 0.5) is 4.79 Å². The maximum absolute atomic E-state index is 11.2. The number of hydrogen-bond donors (Lipinski definition) is 1. The van der Waals surface area contributed by atoms with E-state index in [9.17, 15) is 4.79 Å². The summed E-state index contributed by atoms with van der Waals surface area (Å²) < 4.78 is 10.8. The number of nitrogens with one attached hydrogen (secondary N) is 1. The normalized spacial score (nSPS) is 10.4. The minimum atomic E-state index is -0.497. The first-order chi connectivity index (χ1) is 7.87.